The van der Waals surface area contributed by atoms with Gasteiger partial charge < -0.3 is 15.0 Å². The Morgan fingerprint density at radius 1 is 1.07 bits per heavy atom. The van der Waals surface area contributed by atoms with E-state index < -0.39 is 0 Å². The number of piperidine rings is 1. The largest absolute Gasteiger partial charge is 0.447 e. The summed E-state index contributed by atoms with van der Waals surface area (Å²) in [6, 6.07) is 10.5. The number of aromatic nitrogens is 2. The van der Waals surface area contributed by atoms with E-state index in [0.717, 1.165) is 13.1 Å². The second-order valence-corrected chi connectivity index (χ2v) is 8.50. The molecule has 0 radical (unpaired) electrons. The molecule has 4 rings (SSSR count). The highest BCUT2D eigenvalue weighted by Crippen LogP contribution is 2.27. The molecule has 7 nitrogen and oxygen atoms in total. The van der Waals surface area contributed by atoms with Crippen molar-refractivity contribution in [3.8, 4) is 0 Å². The maximum Gasteiger partial charge on any atom is 0.415 e. The van der Waals surface area contributed by atoms with Crippen LogP contribution >= 0.6 is 0 Å². The number of nitrogens with one attached hydrogen (secondary N) is 1. The highest BCUT2D eigenvalue weighted by molar-refractivity contribution is 5.89. The summed E-state index contributed by atoms with van der Waals surface area (Å²) in [7, 11) is 0. The van der Waals surface area contributed by atoms with E-state index in [1.54, 1.807) is 17.2 Å². The lowest BCUT2D eigenvalue weighted by atomic mass is 10.0. The Labute approximate surface area is 178 Å². The molecule has 1 unspecified atom stereocenters. The molecule has 30 heavy (non-hydrogen) atoms. The Kier molecular flexibility index (Phi) is 6.06. The highest BCUT2D eigenvalue weighted by Gasteiger charge is 2.37. The molecular formula is C23H31N5O2. The minimum Gasteiger partial charge on any atom is -0.447 e. The third-order valence-electron chi connectivity index (χ3n) is 6.02. The van der Waals surface area contributed by atoms with Crippen LogP contribution in [-0.4, -0.2) is 41.8 Å². The fourth-order valence-corrected chi connectivity index (χ4v) is 4.15. The van der Waals surface area contributed by atoms with Crippen LogP contribution < -0.4 is 15.1 Å². The lowest BCUT2D eigenvalue weighted by molar-refractivity contribution is 0.177. The number of benzene rings is 1. The fraction of sp³-hybridized carbons (Fsp3) is 0.522. The third-order valence-corrected chi connectivity index (χ3v) is 6.02. The average Bonchev–Trinajstić information content (AvgIpc) is 3.16. The van der Waals surface area contributed by atoms with Crippen LogP contribution in [0.4, 0.5) is 22.2 Å². The molecule has 1 amide bonds. The molecule has 1 aromatic heterocycles. The summed E-state index contributed by atoms with van der Waals surface area (Å²) < 4.78 is 5.25. The summed E-state index contributed by atoms with van der Waals surface area (Å²) in [5, 5.41) is 3.37. The number of hydrogen-bond acceptors (Lipinski definition) is 6. The summed E-state index contributed by atoms with van der Waals surface area (Å²) in [5.41, 5.74) is 2.46. The molecule has 0 saturated carbocycles. The predicted octanol–water partition coefficient (Wildman–Crippen LogP) is 4.62. The van der Waals surface area contributed by atoms with E-state index in [4.69, 9.17) is 4.74 Å². The van der Waals surface area contributed by atoms with Crippen LogP contribution in [0.1, 0.15) is 51.6 Å². The van der Waals surface area contributed by atoms with Gasteiger partial charge in [-0.3, -0.25) is 4.90 Å². The lowest BCUT2D eigenvalue weighted by Crippen LogP contribution is -2.37. The van der Waals surface area contributed by atoms with Gasteiger partial charge in [0.05, 0.1) is 12.1 Å². The molecule has 0 spiro atoms. The van der Waals surface area contributed by atoms with E-state index in [2.05, 4.69) is 65.2 Å². The molecular weight excluding hydrogens is 378 g/mol. The van der Waals surface area contributed by atoms with Gasteiger partial charge in [-0.15, -0.1) is 0 Å². The quantitative estimate of drug-likeness (QED) is 0.751. The second-order valence-electron chi connectivity index (χ2n) is 8.50. The summed E-state index contributed by atoms with van der Waals surface area (Å²) in [6.07, 6.45) is 5.21. The normalized spacial score (nSPS) is 20.4. The Hall–Kier alpha value is -2.83. The minimum atomic E-state index is -0.348. The standard InChI is InChI=1S/C23H31N5O2/c1-16(2)20-15-30-23(29)28(20)21-11-12-24-22(26-21)25-17(3)18-7-9-19(10-8-18)27-13-5-4-6-14-27/h7-12,16-17,20H,4-6,13-15H2,1-3H3,(H,24,25,26)/t17-,20?/m1/s1. The molecule has 2 aliphatic heterocycles. The van der Waals surface area contributed by atoms with Gasteiger partial charge in [-0.05, 0) is 55.9 Å². The Bertz CT molecular complexity index is 864. The van der Waals surface area contributed by atoms with E-state index in [9.17, 15) is 4.79 Å². The Balaban J connectivity index is 1.45. The maximum absolute atomic E-state index is 12.2. The van der Waals surface area contributed by atoms with Crippen LogP contribution in [0.15, 0.2) is 36.5 Å². The first-order valence-corrected chi connectivity index (χ1v) is 10.9. The van der Waals surface area contributed by atoms with Crippen LogP contribution in [0.2, 0.25) is 0 Å². The topological polar surface area (TPSA) is 70.6 Å². The van der Waals surface area contributed by atoms with Gasteiger partial charge in [-0.1, -0.05) is 26.0 Å². The average molecular weight is 410 g/mol. The van der Waals surface area contributed by atoms with E-state index in [1.807, 2.05) is 0 Å². The second kappa shape index (κ2) is 8.90. The van der Waals surface area contributed by atoms with Crippen molar-refractivity contribution < 1.29 is 9.53 Å². The van der Waals surface area contributed by atoms with Gasteiger partial charge in [-0.2, -0.15) is 4.98 Å². The maximum atomic E-state index is 12.2. The van der Waals surface area contributed by atoms with Crippen LogP contribution in [-0.2, 0) is 4.74 Å². The lowest BCUT2D eigenvalue weighted by Gasteiger charge is -2.29. The number of amides is 1. The number of cyclic esters (lactones) is 1. The summed E-state index contributed by atoms with van der Waals surface area (Å²) >= 11 is 0. The van der Waals surface area contributed by atoms with Crippen LogP contribution in [0.3, 0.4) is 0 Å². The number of rotatable bonds is 6. The van der Waals surface area contributed by atoms with Crippen molar-refractivity contribution in [1.29, 1.82) is 0 Å². The van der Waals surface area contributed by atoms with Crippen molar-refractivity contribution in [2.75, 3.05) is 34.8 Å². The molecule has 1 N–H and O–H groups in total. The molecule has 1 aromatic carbocycles. The van der Waals surface area contributed by atoms with E-state index in [0.29, 0.717) is 18.4 Å². The Morgan fingerprint density at radius 2 is 1.80 bits per heavy atom. The van der Waals surface area contributed by atoms with Crippen molar-refractivity contribution >= 4 is 23.5 Å². The number of nitrogens with zero attached hydrogens (tertiary/aromatic N) is 4. The summed E-state index contributed by atoms with van der Waals surface area (Å²) in [6.45, 7) is 8.93. The van der Waals surface area contributed by atoms with E-state index in [-0.39, 0.29) is 24.1 Å². The first-order chi connectivity index (χ1) is 14.5. The molecule has 160 valence electrons. The number of carbonyl (C=O) groups is 1. The van der Waals surface area contributed by atoms with Gasteiger partial charge in [0, 0.05) is 25.0 Å². The van der Waals surface area contributed by atoms with Gasteiger partial charge in [0.15, 0.2) is 0 Å². The molecule has 0 aliphatic carbocycles. The zero-order valence-electron chi connectivity index (χ0n) is 18.0. The number of ether oxygens (including phenoxy) is 1. The van der Waals surface area contributed by atoms with Crippen molar-refractivity contribution in [3.63, 3.8) is 0 Å². The van der Waals surface area contributed by atoms with E-state index >= 15 is 0 Å². The molecule has 2 aliphatic rings. The number of carbonyl (C=O) groups excluding carboxylic acids is 1. The van der Waals surface area contributed by atoms with Crippen molar-refractivity contribution in [2.24, 2.45) is 5.92 Å². The molecule has 7 heteroatoms. The smallest absolute Gasteiger partial charge is 0.415 e. The fourth-order valence-electron chi connectivity index (χ4n) is 4.15. The summed E-state index contributed by atoms with van der Waals surface area (Å²) in [4.78, 5) is 25.3. The molecule has 2 saturated heterocycles. The SMILES string of the molecule is CC(C)C1COC(=O)N1c1ccnc(N[C@H](C)c2ccc(N3CCCCC3)cc2)n1. The third kappa shape index (κ3) is 4.35. The van der Waals surface area contributed by atoms with Crippen LogP contribution in [0.25, 0.3) is 0 Å². The first kappa shape index (κ1) is 20.4. The predicted molar refractivity (Wildman–Crippen MR) is 119 cm³/mol. The molecule has 2 aromatic rings. The van der Waals surface area contributed by atoms with E-state index in [1.165, 1.54) is 30.5 Å². The molecule has 3 heterocycles. The monoisotopic (exact) mass is 409 g/mol. The van der Waals surface area contributed by atoms with Gasteiger partial charge in [-0.25, -0.2) is 9.78 Å². The minimum absolute atomic E-state index is 0.0139. The van der Waals surface area contributed by atoms with Crippen molar-refractivity contribution in [2.45, 2.75) is 52.1 Å². The van der Waals surface area contributed by atoms with Crippen molar-refractivity contribution in [3.05, 3.63) is 42.1 Å². The van der Waals surface area contributed by atoms with Crippen LogP contribution in [0, 0.1) is 5.92 Å². The molecule has 2 fully saturated rings. The summed E-state index contributed by atoms with van der Waals surface area (Å²) in [5.74, 6) is 1.35. The first-order valence-electron chi connectivity index (χ1n) is 10.9. The van der Waals surface area contributed by atoms with Crippen molar-refractivity contribution in [1.82, 2.24) is 9.97 Å². The zero-order valence-corrected chi connectivity index (χ0v) is 18.0. The molecule has 0 bridgehead atoms. The number of hydrogen-bond donors (Lipinski definition) is 1. The van der Waals surface area contributed by atoms with Gasteiger partial charge in [0.1, 0.15) is 12.4 Å². The van der Waals surface area contributed by atoms with Gasteiger partial charge in [0.25, 0.3) is 0 Å². The number of anilines is 3. The van der Waals surface area contributed by atoms with Gasteiger partial charge in [0.2, 0.25) is 5.95 Å². The van der Waals surface area contributed by atoms with Crippen LogP contribution in [0.5, 0.6) is 0 Å². The zero-order chi connectivity index (χ0) is 21.1. The van der Waals surface area contributed by atoms with Gasteiger partial charge >= 0.3 is 6.09 Å². The highest BCUT2D eigenvalue weighted by atomic mass is 16.6. The Morgan fingerprint density at radius 3 is 2.50 bits per heavy atom. The molecule has 2 atom stereocenters.